The third-order valence-corrected chi connectivity index (χ3v) is 2.63. The second kappa shape index (κ2) is 2.76. The Bertz CT molecular complexity index is 298. The molecule has 0 heterocycles. The number of hydrogen-bond acceptors (Lipinski definition) is 0. The van der Waals surface area contributed by atoms with E-state index in [0.29, 0.717) is 18.4 Å². The van der Waals surface area contributed by atoms with Gasteiger partial charge in [0.15, 0.2) is 0 Å². The standard InChI is InChI=1S/C10H9F3/c11-8-3-1-7(2-4-8)10(5-6-10)9(12)13/h1-4,9H,5-6H2. The average molecular weight is 186 g/mol. The Balaban J connectivity index is 2.31. The Hall–Kier alpha value is -0.990. The monoisotopic (exact) mass is 186 g/mol. The van der Waals surface area contributed by atoms with Crippen molar-refractivity contribution >= 4 is 0 Å². The van der Waals surface area contributed by atoms with Crippen LogP contribution in [0.25, 0.3) is 0 Å². The summed E-state index contributed by atoms with van der Waals surface area (Å²) in [5, 5.41) is 0. The van der Waals surface area contributed by atoms with Gasteiger partial charge < -0.3 is 0 Å². The minimum atomic E-state index is -2.34. The summed E-state index contributed by atoms with van der Waals surface area (Å²) in [6.07, 6.45) is -1.31. The summed E-state index contributed by atoms with van der Waals surface area (Å²) in [5.41, 5.74) is -0.405. The predicted molar refractivity (Wildman–Crippen MR) is 43.3 cm³/mol. The third kappa shape index (κ3) is 1.32. The van der Waals surface area contributed by atoms with Crippen LogP contribution in [0.2, 0.25) is 0 Å². The lowest BCUT2D eigenvalue weighted by Crippen LogP contribution is -2.17. The van der Waals surface area contributed by atoms with Gasteiger partial charge in [-0.2, -0.15) is 0 Å². The Morgan fingerprint density at radius 1 is 1.08 bits per heavy atom. The van der Waals surface area contributed by atoms with Crippen LogP contribution in [0, 0.1) is 5.82 Å². The van der Waals surface area contributed by atoms with Gasteiger partial charge in [-0.05, 0) is 30.5 Å². The smallest absolute Gasteiger partial charge is 0.210 e. The Morgan fingerprint density at radius 2 is 1.62 bits per heavy atom. The van der Waals surface area contributed by atoms with Crippen LogP contribution in [0.3, 0.4) is 0 Å². The molecule has 0 atom stereocenters. The van der Waals surface area contributed by atoms with Crippen LogP contribution in [0.4, 0.5) is 13.2 Å². The van der Waals surface area contributed by atoms with Gasteiger partial charge in [-0.1, -0.05) is 12.1 Å². The predicted octanol–water partition coefficient (Wildman–Crippen LogP) is 3.12. The van der Waals surface area contributed by atoms with E-state index in [9.17, 15) is 13.2 Å². The highest BCUT2D eigenvalue weighted by Gasteiger charge is 2.52. The van der Waals surface area contributed by atoms with Gasteiger partial charge in [0.1, 0.15) is 5.82 Å². The van der Waals surface area contributed by atoms with E-state index in [1.165, 1.54) is 24.3 Å². The van der Waals surface area contributed by atoms with Crippen LogP contribution in [0.15, 0.2) is 24.3 Å². The van der Waals surface area contributed by atoms with Crippen LogP contribution in [0.5, 0.6) is 0 Å². The third-order valence-electron chi connectivity index (χ3n) is 2.63. The Labute approximate surface area is 74.4 Å². The molecule has 1 saturated carbocycles. The minimum absolute atomic E-state index is 0.381. The second-order valence-corrected chi connectivity index (χ2v) is 3.46. The van der Waals surface area contributed by atoms with Crippen LogP contribution in [-0.4, -0.2) is 6.43 Å². The number of hydrogen-bond donors (Lipinski definition) is 0. The molecular weight excluding hydrogens is 177 g/mol. The summed E-state index contributed by atoms with van der Waals surface area (Å²) < 4.78 is 37.6. The second-order valence-electron chi connectivity index (χ2n) is 3.46. The molecule has 0 aromatic heterocycles. The zero-order valence-electron chi connectivity index (χ0n) is 6.93. The van der Waals surface area contributed by atoms with Gasteiger partial charge in [0, 0.05) is 0 Å². The molecule has 0 nitrogen and oxygen atoms in total. The van der Waals surface area contributed by atoms with E-state index in [1.54, 1.807) is 0 Å². The van der Waals surface area contributed by atoms with Gasteiger partial charge >= 0.3 is 0 Å². The van der Waals surface area contributed by atoms with Crippen molar-refractivity contribution in [2.45, 2.75) is 24.7 Å². The van der Waals surface area contributed by atoms with Gasteiger partial charge in [0.2, 0.25) is 6.43 Å². The molecule has 1 fully saturated rings. The summed E-state index contributed by atoms with van der Waals surface area (Å²) >= 11 is 0. The maximum absolute atomic E-state index is 12.6. The van der Waals surface area contributed by atoms with Crippen molar-refractivity contribution in [1.29, 1.82) is 0 Å². The fourth-order valence-electron chi connectivity index (χ4n) is 1.55. The quantitative estimate of drug-likeness (QED) is 0.665. The molecule has 3 heteroatoms. The molecule has 13 heavy (non-hydrogen) atoms. The summed E-state index contributed by atoms with van der Waals surface area (Å²) in [4.78, 5) is 0. The molecule has 0 N–H and O–H groups in total. The van der Waals surface area contributed by atoms with E-state index >= 15 is 0 Å². The average Bonchev–Trinajstić information content (AvgIpc) is 2.86. The van der Waals surface area contributed by atoms with E-state index in [4.69, 9.17) is 0 Å². The summed E-state index contributed by atoms with van der Waals surface area (Å²) in [6.45, 7) is 0. The maximum Gasteiger partial charge on any atom is 0.248 e. The number of alkyl halides is 2. The molecule has 0 spiro atoms. The van der Waals surface area contributed by atoms with Crippen molar-refractivity contribution in [3.63, 3.8) is 0 Å². The Kier molecular flexibility index (Phi) is 1.82. The lowest BCUT2D eigenvalue weighted by Gasteiger charge is -2.13. The largest absolute Gasteiger partial charge is 0.248 e. The highest BCUT2D eigenvalue weighted by molar-refractivity contribution is 5.32. The molecular formula is C10H9F3. The molecule has 1 aliphatic carbocycles. The summed E-state index contributed by atoms with van der Waals surface area (Å²) in [6, 6.07) is 5.37. The summed E-state index contributed by atoms with van der Waals surface area (Å²) in [7, 11) is 0. The first-order valence-corrected chi connectivity index (χ1v) is 4.19. The van der Waals surface area contributed by atoms with Crippen molar-refractivity contribution in [3.05, 3.63) is 35.6 Å². The van der Waals surface area contributed by atoms with Crippen molar-refractivity contribution in [2.24, 2.45) is 0 Å². The SMILES string of the molecule is Fc1ccc(C2(C(F)F)CC2)cc1. The first-order valence-electron chi connectivity index (χ1n) is 4.19. The zero-order chi connectivity index (χ0) is 9.47. The van der Waals surface area contributed by atoms with E-state index in [1.807, 2.05) is 0 Å². The molecule has 0 bridgehead atoms. The first-order chi connectivity index (χ1) is 6.15. The first kappa shape index (κ1) is 8.60. The van der Waals surface area contributed by atoms with E-state index in [0.717, 1.165) is 0 Å². The molecule has 0 radical (unpaired) electrons. The van der Waals surface area contributed by atoms with Crippen LogP contribution in [-0.2, 0) is 5.41 Å². The molecule has 1 aromatic rings. The van der Waals surface area contributed by atoms with E-state index in [-0.39, 0.29) is 5.82 Å². The van der Waals surface area contributed by atoms with Crippen molar-refractivity contribution in [1.82, 2.24) is 0 Å². The van der Waals surface area contributed by atoms with Gasteiger partial charge in [-0.25, -0.2) is 13.2 Å². The lowest BCUT2D eigenvalue weighted by atomic mass is 9.97. The number of benzene rings is 1. The lowest BCUT2D eigenvalue weighted by molar-refractivity contribution is 0.102. The summed E-state index contributed by atoms with van der Waals surface area (Å²) in [5.74, 6) is -0.381. The van der Waals surface area contributed by atoms with Gasteiger partial charge in [0.05, 0.1) is 5.41 Å². The normalized spacial score (nSPS) is 19.1. The van der Waals surface area contributed by atoms with Crippen LogP contribution >= 0.6 is 0 Å². The molecule has 70 valence electrons. The number of halogens is 3. The zero-order valence-corrected chi connectivity index (χ0v) is 6.93. The van der Waals surface area contributed by atoms with Gasteiger partial charge in [-0.15, -0.1) is 0 Å². The maximum atomic E-state index is 12.6. The Morgan fingerprint density at radius 3 is 2.00 bits per heavy atom. The highest BCUT2D eigenvalue weighted by Crippen LogP contribution is 2.52. The fraction of sp³-hybridized carbons (Fsp3) is 0.400. The molecule has 2 rings (SSSR count). The topological polar surface area (TPSA) is 0 Å². The van der Waals surface area contributed by atoms with E-state index in [2.05, 4.69) is 0 Å². The van der Waals surface area contributed by atoms with Crippen molar-refractivity contribution in [2.75, 3.05) is 0 Å². The fourth-order valence-corrected chi connectivity index (χ4v) is 1.55. The molecule has 0 saturated heterocycles. The van der Waals surface area contributed by atoms with Gasteiger partial charge in [0.25, 0.3) is 0 Å². The molecule has 1 aliphatic rings. The minimum Gasteiger partial charge on any atom is -0.210 e. The highest BCUT2D eigenvalue weighted by atomic mass is 19.3. The van der Waals surface area contributed by atoms with Crippen molar-refractivity contribution < 1.29 is 13.2 Å². The van der Waals surface area contributed by atoms with Crippen LogP contribution < -0.4 is 0 Å². The molecule has 1 aromatic carbocycles. The molecule has 0 amide bonds. The van der Waals surface area contributed by atoms with E-state index < -0.39 is 11.8 Å². The molecule has 0 aliphatic heterocycles. The van der Waals surface area contributed by atoms with Crippen molar-refractivity contribution in [3.8, 4) is 0 Å². The molecule has 0 unspecified atom stereocenters. The van der Waals surface area contributed by atoms with Crippen LogP contribution in [0.1, 0.15) is 18.4 Å². The number of rotatable bonds is 2. The van der Waals surface area contributed by atoms with Gasteiger partial charge in [-0.3, -0.25) is 0 Å².